The lowest BCUT2D eigenvalue weighted by molar-refractivity contribution is 0.212. The third kappa shape index (κ3) is 11.5. The van der Waals surface area contributed by atoms with Crippen molar-refractivity contribution in [3.8, 4) is 0 Å². The minimum absolute atomic E-state index is 0.00335. The molecule has 0 unspecified atom stereocenters. The summed E-state index contributed by atoms with van der Waals surface area (Å²) in [4.78, 5) is 0. The standard InChI is InChI=1S/2C19H23F4N2O3P/c2*1-4-27-29(26,28-5-2)14(25-12-9-7-6-8-10-12)11-13-15(20)17(22)19(24-3)18(23)16(13)21/h2*6-10,14,24-25H,4-5,11H2,1-3H3/t2*14-/m11/s1. The maximum Gasteiger partial charge on any atom is 0.352 e. The summed E-state index contributed by atoms with van der Waals surface area (Å²) in [6, 6.07) is 16.8. The van der Waals surface area contributed by atoms with Crippen LogP contribution in [0.5, 0.6) is 0 Å². The number of benzene rings is 4. The average molecular weight is 869 g/mol. The number of hydrogen-bond donors (Lipinski definition) is 4. The van der Waals surface area contributed by atoms with E-state index >= 15 is 0 Å². The molecule has 0 aliphatic heterocycles. The van der Waals surface area contributed by atoms with E-state index in [0.29, 0.717) is 11.4 Å². The molecule has 4 aromatic rings. The fourth-order valence-electron chi connectivity index (χ4n) is 5.63. The van der Waals surface area contributed by atoms with Gasteiger partial charge in [-0.25, -0.2) is 35.1 Å². The van der Waals surface area contributed by atoms with Crippen molar-refractivity contribution in [2.75, 3.05) is 61.8 Å². The van der Waals surface area contributed by atoms with Gasteiger partial charge in [-0.3, -0.25) is 9.13 Å². The zero-order chi connectivity index (χ0) is 43.2. The van der Waals surface area contributed by atoms with Gasteiger partial charge in [0.25, 0.3) is 0 Å². The van der Waals surface area contributed by atoms with Gasteiger partial charge in [0.2, 0.25) is 0 Å². The molecule has 320 valence electrons. The molecule has 0 fully saturated rings. The molecule has 2 atom stereocenters. The molecule has 0 saturated heterocycles. The highest BCUT2D eigenvalue weighted by atomic mass is 31.2. The summed E-state index contributed by atoms with van der Waals surface area (Å²) in [6.45, 7) is 6.29. The molecule has 0 radical (unpaired) electrons. The van der Waals surface area contributed by atoms with Crippen molar-refractivity contribution in [3.05, 3.63) is 118 Å². The van der Waals surface area contributed by atoms with Crippen LogP contribution in [0.25, 0.3) is 0 Å². The minimum atomic E-state index is -3.95. The normalized spacial score (nSPS) is 12.7. The second-order valence-electron chi connectivity index (χ2n) is 11.9. The summed E-state index contributed by atoms with van der Waals surface area (Å²) in [5.41, 5.74) is -2.71. The van der Waals surface area contributed by atoms with Gasteiger partial charge in [0.05, 0.1) is 26.4 Å². The number of para-hydroxylation sites is 2. The first kappa shape index (κ1) is 48.2. The van der Waals surface area contributed by atoms with E-state index < -0.39 is 109 Å². The molecule has 0 spiro atoms. The second-order valence-corrected chi connectivity index (χ2v) is 16.4. The third-order valence-corrected chi connectivity index (χ3v) is 12.8. The molecule has 0 aliphatic carbocycles. The summed E-state index contributed by atoms with van der Waals surface area (Å²) in [6.07, 6.45) is -1.36. The van der Waals surface area contributed by atoms with Crippen LogP contribution >= 0.6 is 15.2 Å². The van der Waals surface area contributed by atoms with E-state index in [1.807, 2.05) is 0 Å². The van der Waals surface area contributed by atoms with Crippen LogP contribution in [0.2, 0.25) is 0 Å². The number of rotatable bonds is 20. The highest BCUT2D eigenvalue weighted by Gasteiger charge is 2.40. The Morgan fingerprint density at radius 1 is 0.466 bits per heavy atom. The molecule has 0 heterocycles. The monoisotopic (exact) mass is 868 g/mol. The van der Waals surface area contributed by atoms with Crippen molar-refractivity contribution in [2.45, 2.75) is 52.1 Å². The van der Waals surface area contributed by atoms with Gasteiger partial charge in [0.1, 0.15) is 22.9 Å². The quantitative estimate of drug-likeness (QED) is 0.0388. The Hall–Kier alpha value is -4.18. The molecule has 20 heteroatoms. The largest absolute Gasteiger partial charge is 0.383 e. The molecular formula is C38H46F8N4O6P2. The second kappa shape index (κ2) is 22.3. The summed E-state index contributed by atoms with van der Waals surface area (Å²) in [5.74, 6) is -15.2. The van der Waals surface area contributed by atoms with Crippen LogP contribution in [0, 0.1) is 46.5 Å². The van der Waals surface area contributed by atoms with E-state index in [4.69, 9.17) is 18.1 Å². The maximum atomic E-state index is 14.5. The molecule has 0 aliphatic rings. The van der Waals surface area contributed by atoms with Crippen LogP contribution in [0.15, 0.2) is 60.7 Å². The van der Waals surface area contributed by atoms with Gasteiger partial charge in [0.15, 0.2) is 46.5 Å². The topological polar surface area (TPSA) is 119 Å². The smallest absolute Gasteiger partial charge is 0.352 e. The maximum absolute atomic E-state index is 14.5. The van der Waals surface area contributed by atoms with Crippen LogP contribution in [0.4, 0.5) is 57.9 Å². The summed E-state index contributed by atoms with van der Waals surface area (Å²) >= 11 is 0. The van der Waals surface area contributed by atoms with Gasteiger partial charge in [-0.15, -0.1) is 0 Å². The first-order chi connectivity index (χ1) is 27.6. The van der Waals surface area contributed by atoms with Crippen LogP contribution < -0.4 is 21.3 Å². The highest BCUT2D eigenvalue weighted by molar-refractivity contribution is 7.55. The van der Waals surface area contributed by atoms with Crippen LogP contribution in [-0.2, 0) is 40.1 Å². The van der Waals surface area contributed by atoms with Crippen molar-refractivity contribution in [3.63, 3.8) is 0 Å². The minimum Gasteiger partial charge on any atom is -0.383 e. The molecule has 4 rings (SSSR count). The fraction of sp³-hybridized carbons (Fsp3) is 0.368. The SMILES string of the molecule is CCOP(=O)(OCC)[C@H](Cc1c(F)c(F)c(NC)c(F)c1F)Nc1ccccc1.CCOP(=O)(OCC)[C@H](Cc1c(F)c(F)c(NC)c(F)c1F)Nc1ccccc1. The van der Waals surface area contributed by atoms with E-state index in [1.165, 1.54) is 0 Å². The summed E-state index contributed by atoms with van der Waals surface area (Å²) in [5, 5.41) is 9.88. The molecular weight excluding hydrogens is 822 g/mol. The van der Waals surface area contributed by atoms with Crippen LogP contribution in [0.3, 0.4) is 0 Å². The molecule has 0 aromatic heterocycles. The summed E-state index contributed by atoms with van der Waals surface area (Å²) in [7, 11) is -5.63. The zero-order valence-corrected chi connectivity index (χ0v) is 34.3. The zero-order valence-electron chi connectivity index (χ0n) is 32.5. The van der Waals surface area contributed by atoms with E-state index in [9.17, 15) is 44.3 Å². The lowest BCUT2D eigenvalue weighted by atomic mass is 10.1. The van der Waals surface area contributed by atoms with E-state index in [0.717, 1.165) is 14.1 Å². The molecule has 58 heavy (non-hydrogen) atoms. The van der Waals surface area contributed by atoms with Gasteiger partial charge in [-0.2, -0.15) is 0 Å². The van der Waals surface area contributed by atoms with Crippen molar-refractivity contribution in [2.24, 2.45) is 0 Å². The lowest BCUT2D eigenvalue weighted by Crippen LogP contribution is -2.27. The van der Waals surface area contributed by atoms with Gasteiger partial charge in [0, 0.05) is 49.4 Å². The highest BCUT2D eigenvalue weighted by Crippen LogP contribution is 2.55. The van der Waals surface area contributed by atoms with Gasteiger partial charge >= 0.3 is 15.2 Å². The Morgan fingerprint density at radius 2 is 0.724 bits per heavy atom. The van der Waals surface area contributed by atoms with Crippen LogP contribution in [-0.4, -0.2) is 52.1 Å². The predicted molar refractivity (Wildman–Crippen MR) is 208 cm³/mol. The Balaban J connectivity index is 0.000000310. The van der Waals surface area contributed by atoms with Crippen molar-refractivity contribution in [1.29, 1.82) is 0 Å². The van der Waals surface area contributed by atoms with Crippen molar-refractivity contribution in [1.82, 2.24) is 0 Å². The van der Waals surface area contributed by atoms with Gasteiger partial charge in [-0.05, 0) is 52.0 Å². The molecule has 0 amide bonds. The van der Waals surface area contributed by atoms with Crippen molar-refractivity contribution >= 4 is 37.9 Å². The molecule has 0 bridgehead atoms. The van der Waals surface area contributed by atoms with Crippen molar-refractivity contribution < 1.29 is 62.3 Å². The summed E-state index contributed by atoms with van der Waals surface area (Å²) < 4.78 is 163. The Morgan fingerprint density at radius 3 is 0.948 bits per heavy atom. The van der Waals surface area contributed by atoms with E-state index in [-0.39, 0.29) is 26.4 Å². The first-order valence-electron chi connectivity index (χ1n) is 18.0. The first-order valence-corrected chi connectivity index (χ1v) is 21.3. The number of anilines is 4. The number of halogens is 8. The van der Waals surface area contributed by atoms with Gasteiger partial charge in [-0.1, -0.05) is 36.4 Å². The molecule has 0 saturated carbocycles. The lowest BCUT2D eigenvalue weighted by Gasteiger charge is -2.28. The average Bonchev–Trinajstić information content (AvgIpc) is 3.20. The molecule has 4 N–H and O–H groups in total. The fourth-order valence-corrected chi connectivity index (χ4v) is 9.37. The number of hydrogen-bond acceptors (Lipinski definition) is 10. The van der Waals surface area contributed by atoms with Gasteiger partial charge < -0.3 is 39.4 Å². The van der Waals surface area contributed by atoms with Crippen LogP contribution in [0.1, 0.15) is 38.8 Å². The van der Waals surface area contributed by atoms with E-state index in [1.54, 1.807) is 88.4 Å². The number of nitrogens with one attached hydrogen (secondary N) is 4. The Bertz CT molecular complexity index is 1830. The molecule has 4 aromatic carbocycles. The third-order valence-electron chi connectivity index (χ3n) is 8.22. The molecule has 10 nitrogen and oxygen atoms in total. The Labute approximate surface area is 332 Å². The predicted octanol–water partition coefficient (Wildman–Crippen LogP) is 11.1. The van der Waals surface area contributed by atoms with E-state index in [2.05, 4.69) is 21.3 Å². The Kier molecular flexibility index (Phi) is 18.5.